The predicted molar refractivity (Wildman–Crippen MR) is 104 cm³/mol. The lowest BCUT2D eigenvalue weighted by molar-refractivity contribution is -0.0328. The number of nitriles is 1. The largest absolute Gasteiger partial charge is 0.379 e. The van der Waals surface area contributed by atoms with Gasteiger partial charge in [0.05, 0.1) is 42.1 Å². The van der Waals surface area contributed by atoms with Crippen LogP contribution in [0.3, 0.4) is 0 Å². The Bertz CT molecular complexity index is 872. The van der Waals surface area contributed by atoms with E-state index in [0.717, 1.165) is 32.7 Å². The molecular formula is C19H24ClN3O4S. The number of piperidine rings is 1. The quantitative estimate of drug-likeness (QED) is 0.735. The van der Waals surface area contributed by atoms with Crippen LogP contribution >= 0.6 is 11.6 Å². The molecule has 3 fully saturated rings. The molecule has 7 nitrogen and oxygen atoms in total. The van der Waals surface area contributed by atoms with Gasteiger partial charge in [-0.3, -0.25) is 4.90 Å². The Labute approximate surface area is 170 Å². The fraction of sp³-hybridized carbons (Fsp3) is 0.632. The van der Waals surface area contributed by atoms with Crippen LogP contribution in [0.5, 0.6) is 0 Å². The van der Waals surface area contributed by atoms with Crippen molar-refractivity contribution in [1.82, 2.24) is 9.21 Å². The molecule has 4 rings (SSSR count). The van der Waals surface area contributed by atoms with Crippen LogP contribution in [0.15, 0.2) is 23.1 Å². The molecule has 1 spiro atoms. The summed E-state index contributed by atoms with van der Waals surface area (Å²) in [6.07, 6.45) is 2.27. The lowest BCUT2D eigenvalue weighted by Crippen LogP contribution is -2.48. The average Bonchev–Trinajstić information content (AvgIpc) is 3.13. The molecule has 28 heavy (non-hydrogen) atoms. The smallest absolute Gasteiger partial charge is 0.244 e. The summed E-state index contributed by atoms with van der Waals surface area (Å²) in [6.45, 7) is 4.87. The van der Waals surface area contributed by atoms with Gasteiger partial charge < -0.3 is 9.47 Å². The van der Waals surface area contributed by atoms with Gasteiger partial charge in [-0.25, -0.2) is 8.42 Å². The zero-order chi connectivity index (χ0) is 19.8. The van der Waals surface area contributed by atoms with Crippen LogP contribution in [0, 0.1) is 11.3 Å². The van der Waals surface area contributed by atoms with E-state index < -0.39 is 10.0 Å². The Morgan fingerprint density at radius 2 is 1.89 bits per heavy atom. The molecule has 3 aliphatic heterocycles. The molecule has 9 heteroatoms. The third-order valence-corrected chi connectivity index (χ3v) is 8.44. The van der Waals surface area contributed by atoms with E-state index in [-0.39, 0.29) is 21.1 Å². The van der Waals surface area contributed by atoms with E-state index in [1.54, 1.807) is 0 Å². The molecule has 3 aliphatic rings. The van der Waals surface area contributed by atoms with E-state index in [1.807, 2.05) is 6.07 Å². The highest BCUT2D eigenvalue weighted by Gasteiger charge is 2.46. The minimum Gasteiger partial charge on any atom is -0.379 e. The maximum Gasteiger partial charge on any atom is 0.244 e. The van der Waals surface area contributed by atoms with E-state index in [1.165, 1.54) is 22.5 Å². The predicted octanol–water partition coefficient (Wildman–Crippen LogP) is 1.86. The van der Waals surface area contributed by atoms with Gasteiger partial charge in [0.1, 0.15) is 4.90 Å². The number of ether oxygens (including phenoxy) is 2. The summed E-state index contributed by atoms with van der Waals surface area (Å²) >= 11 is 6.13. The van der Waals surface area contributed by atoms with Gasteiger partial charge in [-0.05, 0) is 37.5 Å². The summed E-state index contributed by atoms with van der Waals surface area (Å²) < 4.78 is 39.2. The summed E-state index contributed by atoms with van der Waals surface area (Å²) in [5.41, 5.74) is 0.0387. The van der Waals surface area contributed by atoms with Crippen LogP contribution in [0.2, 0.25) is 5.02 Å². The van der Waals surface area contributed by atoms with Crippen LogP contribution in [0.1, 0.15) is 24.8 Å². The first-order chi connectivity index (χ1) is 13.4. The summed E-state index contributed by atoms with van der Waals surface area (Å²) in [6, 6.07) is 6.69. The second-order valence-electron chi connectivity index (χ2n) is 7.66. The number of hydrogen-bond acceptors (Lipinski definition) is 6. The van der Waals surface area contributed by atoms with Crippen molar-refractivity contribution < 1.29 is 17.9 Å². The molecule has 3 saturated heterocycles. The van der Waals surface area contributed by atoms with Crippen molar-refractivity contribution in [1.29, 1.82) is 5.26 Å². The lowest BCUT2D eigenvalue weighted by Gasteiger charge is -2.38. The Hall–Kier alpha value is -1.21. The van der Waals surface area contributed by atoms with Gasteiger partial charge >= 0.3 is 0 Å². The van der Waals surface area contributed by atoms with Crippen LogP contribution in [0.4, 0.5) is 0 Å². The maximum absolute atomic E-state index is 13.1. The van der Waals surface area contributed by atoms with Crippen molar-refractivity contribution in [3.63, 3.8) is 0 Å². The minimum absolute atomic E-state index is 0.00250. The summed E-state index contributed by atoms with van der Waals surface area (Å²) in [7, 11) is -3.74. The highest BCUT2D eigenvalue weighted by molar-refractivity contribution is 7.89. The van der Waals surface area contributed by atoms with Crippen molar-refractivity contribution in [2.45, 2.75) is 35.8 Å². The average molecular weight is 426 g/mol. The number of hydrogen-bond donors (Lipinski definition) is 0. The zero-order valence-corrected chi connectivity index (χ0v) is 17.2. The molecule has 1 unspecified atom stereocenters. The molecule has 0 bridgehead atoms. The standard InChI is InChI=1S/C19H24ClN3O4S/c20-17-2-1-15(13-21)11-18(17)28(24,25)23-5-3-19(4-6-23)12-16(14-27-19)22-7-9-26-10-8-22/h1-2,11,16H,3-10,12,14H2. The number of rotatable bonds is 3. The molecule has 1 aromatic carbocycles. The van der Waals surface area contributed by atoms with Gasteiger partial charge in [0, 0.05) is 32.2 Å². The first kappa shape index (κ1) is 20.1. The normalized spacial score (nSPS) is 26.4. The molecule has 0 aromatic heterocycles. The maximum atomic E-state index is 13.1. The first-order valence-corrected chi connectivity index (χ1v) is 11.4. The number of morpholine rings is 1. The van der Waals surface area contributed by atoms with E-state index >= 15 is 0 Å². The molecule has 0 amide bonds. The number of nitrogens with zero attached hydrogens (tertiary/aromatic N) is 3. The molecule has 0 saturated carbocycles. The van der Waals surface area contributed by atoms with Crippen LogP contribution in [-0.4, -0.2) is 75.3 Å². The second-order valence-corrected chi connectivity index (χ2v) is 9.97. The van der Waals surface area contributed by atoms with Gasteiger partial charge in [0.15, 0.2) is 0 Å². The summed E-state index contributed by atoms with van der Waals surface area (Å²) in [4.78, 5) is 2.43. The van der Waals surface area contributed by atoms with Crippen molar-refractivity contribution in [2.24, 2.45) is 0 Å². The molecule has 0 aliphatic carbocycles. The Morgan fingerprint density at radius 1 is 1.18 bits per heavy atom. The molecular weight excluding hydrogens is 402 g/mol. The number of halogens is 1. The Balaban J connectivity index is 1.43. The molecule has 1 atom stereocenters. The number of benzene rings is 1. The lowest BCUT2D eigenvalue weighted by atomic mass is 9.88. The van der Waals surface area contributed by atoms with Gasteiger partial charge in [-0.15, -0.1) is 0 Å². The van der Waals surface area contributed by atoms with Crippen molar-refractivity contribution in [2.75, 3.05) is 46.0 Å². The van der Waals surface area contributed by atoms with E-state index in [2.05, 4.69) is 4.90 Å². The third kappa shape index (κ3) is 3.80. The molecule has 1 aromatic rings. The fourth-order valence-electron chi connectivity index (χ4n) is 4.39. The van der Waals surface area contributed by atoms with E-state index in [0.29, 0.717) is 38.6 Å². The molecule has 3 heterocycles. The third-order valence-electron chi connectivity index (χ3n) is 6.06. The SMILES string of the molecule is N#Cc1ccc(Cl)c(S(=O)(=O)N2CCC3(CC2)CC(N2CCOCC2)CO3)c1. The highest BCUT2D eigenvalue weighted by atomic mass is 35.5. The summed E-state index contributed by atoms with van der Waals surface area (Å²) in [5, 5.41) is 9.21. The van der Waals surface area contributed by atoms with Crippen molar-refractivity contribution in [3.05, 3.63) is 28.8 Å². The monoisotopic (exact) mass is 425 g/mol. The number of sulfonamides is 1. The highest BCUT2D eigenvalue weighted by Crippen LogP contribution is 2.39. The molecule has 0 N–H and O–H groups in total. The van der Waals surface area contributed by atoms with Crippen molar-refractivity contribution >= 4 is 21.6 Å². The minimum atomic E-state index is -3.74. The van der Waals surface area contributed by atoms with Gasteiger partial charge in [0.25, 0.3) is 0 Å². The van der Waals surface area contributed by atoms with Gasteiger partial charge in [0.2, 0.25) is 10.0 Å². The molecule has 152 valence electrons. The van der Waals surface area contributed by atoms with E-state index in [4.69, 9.17) is 26.3 Å². The zero-order valence-electron chi connectivity index (χ0n) is 15.6. The Kier molecular flexibility index (Phi) is 5.67. The van der Waals surface area contributed by atoms with Crippen LogP contribution < -0.4 is 0 Å². The first-order valence-electron chi connectivity index (χ1n) is 9.59. The van der Waals surface area contributed by atoms with Crippen LogP contribution in [-0.2, 0) is 19.5 Å². The van der Waals surface area contributed by atoms with E-state index in [9.17, 15) is 8.42 Å². The van der Waals surface area contributed by atoms with Crippen LogP contribution in [0.25, 0.3) is 0 Å². The molecule has 0 radical (unpaired) electrons. The summed E-state index contributed by atoms with van der Waals surface area (Å²) in [5.74, 6) is 0. The topological polar surface area (TPSA) is 82.9 Å². The van der Waals surface area contributed by atoms with Gasteiger partial charge in [-0.2, -0.15) is 9.57 Å². The van der Waals surface area contributed by atoms with Gasteiger partial charge in [-0.1, -0.05) is 11.6 Å². The second kappa shape index (κ2) is 7.90. The Morgan fingerprint density at radius 3 is 2.57 bits per heavy atom. The van der Waals surface area contributed by atoms with Crippen molar-refractivity contribution in [3.8, 4) is 6.07 Å². The fourth-order valence-corrected chi connectivity index (χ4v) is 6.33.